The maximum Gasteiger partial charge on any atom is 0.335 e. The molecule has 7 nitrogen and oxygen atoms in total. The second-order valence-corrected chi connectivity index (χ2v) is 11.5. The molecule has 0 spiro atoms. The molecule has 39 heavy (non-hydrogen) atoms. The van der Waals surface area contributed by atoms with Gasteiger partial charge in [-0.15, -0.1) is 0 Å². The number of carboxylic acids is 1. The molecule has 2 saturated carbocycles. The lowest BCUT2D eigenvalue weighted by Crippen LogP contribution is -2.41. The van der Waals surface area contributed by atoms with E-state index >= 15 is 0 Å². The normalized spacial score (nSPS) is 21.1. The highest BCUT2D eigenvalue weighted by atomic mass is 32.2. The van der Waals surface area contributed by atoms with Gasteiger partial charge in [-0.2, -0.15) is 0 Å². The molecular formula is C31H36N2O5S. The molecule has 0 aromatic heterocycles. The Hall–Kier alpha value is -3.26. The molecule has 5 rings (SSSR count). The summed E-state index contributed by atoms with van der Waals surface area (Å²) in [6.07, 6.45) is 13.5. The highest BCUT2D eigenvalue weighted by molar-refractivity contribution is 8.18. The van der Waals surface area contributed by atoms with E-state index < -0.39 is 5.97 Å². The second kappa shape index (κ2) is 12.7. The molecule has 1 heterocycles. The van der Waals surface area contributed by atoms with Crippen molar-refractivity contribution in [1.82, 2.24) is 4.90 Å². The Bertz CT molecular complexity index is 1240. The highest BCUT2D eigenvalue weighted by Gasteiger charge is 2.39. The van der Waals surface area contributed by atoms with Crippen LogP contribution in [0.15, 0.2) is 52.4 Å². The predicted octanol–water partition coefficient (Wildman–Crippen LogP) is 6.91. The van der Waals surface area contributed by atoms with Crippen LogP contribution in [0.25, 0.3) is 6.08 Å². The van der Waals surface area contributed by atoms with Crippen molar-refractivity contribution in [3.8, 4) is 11.5 Å². The van der Waals surface area contributed by atoms with Crippen molar-refractivity contribution in [3.63, 3.8) is 0 Å². The Morgan fingerprint density at radius 3 is 2.36 bits per heavy atom. The third-order valence-electron chi connectivity index (χ3n) is 7.73. The van der Waals surface area contributed by atoms with Crippen LogP contribution in [0.3, 0.4) is 0 Å². The first-order valence-corrected chi connectivity index (χ1v) is 14.8. The third-order valence-corrected chi connectivity index (χ3v) is 8.72. The minimum Gasteiger partial charge on any atom is -0.493 e. The van der Waals surface area contributed by atoms with Gasteiger partial charge in [0.1, 0.15) is 6.61 Å². The van der Waals surface area contributed by atoms with Gasteiger partial charge in [0.2, 0.25) is 0 Å². The zero-order valence-corrected chi connectivity index (χ0v) is 23.3. The van der Waals surface area contributed by atoms with Crippen molar-refractivity contribution in [1.29, 1.82) is 0 Å². The number of benzene rings is 2. The van der Waals surface area contributed by atoms with Gasteiger partial charge in [0, 0.05) is 6.04 Å². The number of amides is 1. The van der Waals surface area contributed by atoms with Crippen LogP contribution in [0.2, 0.25) is 0 Å². The first-order chi connectivity index (χ1) is 19.0. The SMILES string of the molecule is COc1cc(/C=C2\SC(=NC3CCCCC3)N(C3CCCCC3)C2=O)ccc1OCc1ccc(C(=O)O)cc1. The number of rotatable bonds is 8. The lowest BCUT2D eigenvalue weighted by molar-refractivity contribution is -0.124. The summed E-state index contributed by atoms with van der Waals surface area (Å²) in [5.74, 6) is 0.255. The fraction of sp³-hybridized carbons (Fsp3) is 0.452. The molecular weight excluding hydrogens is 512 g/mol. The maximum atomic E-state index is 13.7. The van der Waals surface area contributed by atoms with Gasteiger partial charge in [-0.05, 0) is 78.9 Å². The van der Waals surface area contributed by atoms with Crippen LogP contribution in [0, 0.1) is 0 Å². The van der Waals surface area contributed by atoms with Crippen molar-refractivity contribution in [3.05, 3.63) is 64.1 Å². The summed E-state index contributed by atoms with van der Waals surface area (Å²) in [4.78, 5) is 32.6. The number of amidine groups is 1. The third kappa shape index (κ3) is 6.67. The van der Waals surface area contributed by atoms with Crippen molar-refractivity contribution < 1.29 is 24.2 Å². The number of aliphatic imine (C=N–C) groups is 1. The summed E-state index contributed by atoms with van der Waals surface area (Å²) >= 11 is 1.51. The van der Waals surface area contributed by atoms with Crippen LogP contribution in [0.1, 0.15) is 85.7 Å². The van der Waals surface area contributed by atoms with Crippen LogP contribution >= 0.6 is 11.8 Å². The first-order valence-electron chi connectivity index (χ1n) is 14.0. The largest absolute Gasteiger partial charge is 0.493 e. The molecule has 1 N–H and O–H groups in total. The standard InChI is InChI=1S/C31H36N2O5S/c1-37-27-18-22(14-17-26(27)38-20-21-12-15-23(16-13-21)30(35)36)19-28-29(34)33(25-10-6-3-7-11-25)31(39-28)32-24-8-4-2-5-9-24/h12-19,24-25H,2-11,20H2,1H3,(H,35,36)/b28-19-,32-31?. The summed E-state index contributed by atoms with van der Waals surface area (Å²) < 4.78 is 11.6. The molecule has 8 heteroatoms. The molecule has 1 amide bonds. The number of hydrogen-bond acceptors (Lipinski definition) is 6. The van der Waals surface area contributed by atoms with E-state index in [1.807, 2.05) is 29.2 Å². The van der Waals surface area contributed by atoms with Crippen molar-refractivity contribution in [2.24, 2.45) is 4.99 Å². The molecule has 1 saturated heterocycles. The number of aromatic carboxylic acids is 1. The summed E-state index contributed by atoms with van der Waals surface area (Å²) in [6.45, 7) is 0.280. The molecule has 2 aromatic rings. The molecule has 0 bridgehead atoms. The molecule has 3 fully saturated rings. The lowest BCUT2D eigenvalue weighted by atomic mass is 9.94. The van der Waals surface area contributed by atoms with Crippen LogP contribution in [-0.2, 0) is 11.4 Å². The zero-order chi connectivity index (χ0) is 27.2. The van der Waals surface area contributed by atoms with E-state index in [1.165, 1.54) is 37.4 Å². The van der Waals surface area contributed by atoms with Gasteiger partial charge in [0.05, 0.1) is 23.6 Å². The average molecular weight is 549 g/mol. The van der Waals surface area contributed by atoms with Crippen molar-refractivity contribution in [2.45, 2.75) is 82.9 Å². The quantitative estimate of drug-likeness (QED) is 0.361. The van der Waals surface area contributed by atoms with Gasteiger partial charge in [-0.25, -0.2) is 4.79 Å². The number of carboxylic acid groups (broad SMARTS) is 1. The summed E-state index contributed by atoms with van der Waals surface area (Å²) in [5, 5.41) is 9.96. The van der Waals surface area contributed by atoms with Crippen molar-refractivity contribution in [2.75, 3.05) is 7.11 Å². The molecule has 206 valence electrons. The van der Waals surface area contributed by atoms with Gasteiger partial charge in [-0.1, -0.05) is 56.7 Å². The Morgan fingerprint density at radius 1 is 1.00 bits per heavy atom. The first kappa shape index (κ1) is 27.3. The monoisotopic (exact) mass is 548 g/mol. The fourth-order valence-corrected chi connectivity index (χ4v) is 6.66. The number of carbonyl (C=O) groups is 2. The fourth-order valence-electron chi connectivity index (χ4n) is 5.55. The molecule has 0 unspecified atom stereocenters. The zero-order valence-electron chi connectivity index (χ0n) is 22.4. The predicted molar refractivity (Wildman–Crippen MR) is 154 cm³/mol. The number of carbonyl (C=O) groups excluding carboxylic acids is 1. The Balaban J connectivity index is 1.33. The van der Waals surface area contributed by atoms with E-state index in [2.05, 4.69) is 0 Å². The molecule has 1 aliphatic heterocycles. The van der Waals surface area contributed by atoms with E-state index in [1.54, 1.807) is 31.4 Å². The van der Waals surface area contributed by atoms with Crippen molar-refractivity contribution >= 4 is 34.9 Å². The Labute approximate surface area is 234 Å². The molecule has 0 radical (unpaired) electrons. The lowest BCUT2D eigenvalue weighted by Gasteiger charge is -2.31. The van der Waals surface area contributed by atoms with Gasteiger partial charge in [0.15, 0.2) is 16.7 Å². The summed E-state index contributed by atoms with van der Waals surface area (Å²) in [7, 11) is 1.59. The van der Waals surface area contributed by atoms with Gasteiger partial charge in [-0.3, -0.25) is 14.7 Å². The summed E-state index contributed by atoms with van der Waals surface area (Å²) in [6, 6.07) is 12.8. The Morgan fingerprint density at radius 2 is 1.69 bits per heavy atom. The topological polar surface area (TPSA) is 88.4 Å². The molecule has 2 aromatic carbocycles. The van der Waals surface area contributed by atoms with Crippen LogP contribution in [0.5, 0.6) is 11.5 Å². The van der Waals surface area contributed by atoms with E-state index in [4.69, 9.17) is 19.6 Å². The number of hydrogen-bond donors (Lipinski definition) is 1. The average Bonchev–Trinajstić information content (AvgIpc) is 3.27. The van der Waals surface area contributed by atoms with E-state index in [0.717, 1.165) is 54.8 Å². The Kier molecular flexibility index (Phi) is 8.91. The van der Waals surface area contributed by atoms with Crippen LogP contribution in [0.4, 0.5) is 0 Å². The van der Waals surface area contributed by atoms with Gasteiger partial charge >= 0.3 is 5.97 Å². The minimum atomic E-state index is -0.956. The number of ether oxygens (including phenoxy) is 2. The van der Waals surface area contributed by atoms with Gasteiger partial charge in [0.25, 0.3) is 5.91 Å². The molecule has 0 atom stereocenters. The highest BCUT2D eigenvalue weighted by Crippen LogP contribution is 2.39. The van der Waals surface area contributed by atoms with Crippen LogP contribution in [-0.4, -0.2) is 46.2 Å². The minimum absolute atomic E-state index is 0.0607. The maximum absolute atomic E-state index is 13.7. The smallest absolute Gasteiger partial charge is 0.335 e. The summed E-state index contributed by atoms with van der Waals surface area (Å²) in [5.41, 5.74) is 1.96. The van der Waals surface area contributed by atoms with Crippen LogP contribution < -0.4 is 9.47 Å². The van der Waals surface area contributed by atoms with E-state index in [9.17, 15) is 9.59 Å². The number of thioether (sulfide) groups is 1. The molecule has 3 aliphatic rings. The number of nitrogens with zero attached hydrogens (tertiary/aromatic N) is 2. The number of methoxy groups -OCH3 is 1. The van der Waals surface area contributed by atoms with E-state index in [0.29, 0.717) is 22.4 Å². The molecule has 2 aliphatic carbocycles. The van der Waals surface area contributed by atoms with E-state index in [-0.39, 0.29) is 24.1 Å². The second-order valence-electron chi connectivity index (χ2n) is 10.5. The van der Waals surface area contributed by atoms with Gasteiger partial charge < -0.3 is 14.6 Å².